The highest BCUT2D eigenvalue weighted by Crippen LogP contribution is 2.14. The summed E-state index contributed by atoms with van der Waals surface area (Å²) in [6, 6.07) is 4.60. The third-order valence-corrected chi connectivity index (χ3v) is 2.46. The molecule has 0 saturated carbocycles. The van der Waals surface area contributed by atoms with E-state index in [4.69, 9.17) is 0 Å². The molecule has 0 N–H and O–H groups in total. The lowest BCUT2D eigenvalue weighted by atomic mass is 10.0. The summed E-state index contributed by atoms with van der Waals surface area (Å²) in [4.78, 5) is 11.8. The van der Waals surface area contributed by atoms with Crippen LogP contribution in [-0.4, -0.2) is 5.78 Å². The number of allylic oxidation sites excluding steroid dienone is 2. The quantitative estimate of drug-likeness (QED) is 0.544. The number of aryl methyl sites for hydroxylation is 1. The Labute approximate surface area is 89.6 Å². The molecule has 0 aromatic heterocycles. The first-order chi connectivity index (χ1) is 7.10. The molecule has 1 rings (SSSR count). The zero-order chi connectivity index (χ0) is 11.4. The highest BCUT2D eigenvalue weighted by atomic mass is 19.1. The molecule has 0 fully saturated rings. The maximum Gasteiger partial charge on any atom is 0.188 e. The molecule has 80 valence electrons. The van der Waals surface area contributed by atoms with E-state index in [1.807, 2.05) is 13.8 Å². The monoisotopic (exact) mass is 206 g/mol. The molecular weight excluding hydrogens is 191 g/mol. The van der Waals surface area contributed by atoms with Gasteiger partial charge in [0.05, 0.1) is 0 Å². The number of benzene rings is 1. The van der Waals surface area contributed by atoms with Crippen LogP contribution in [0.5, 0.6) is 0 Å². The molecule has 1 aromatic rings. The zero-order valence-corrected chi connectivity index (χ0v) is 9.30. The van der Waals surface area contributed by atoms with Crippen molar-refractivity contribution < 1.29 is 9.18 Å². The SMILES string of the molecule is C/C=C(/CC)C(=O)c1ccc(C)c(F)c1. The second-order valence-corrected chi connectivity index (χ2v) is 3.46. The summed E-state index contributed by atoms with van der Waals surface area (Å²) in [5.41, 5.74) is 1.70. The fourth-order valence-corrected chi connectivity index (χ4v) is 1.42. The summed E-state index contributed by atoms with van der Waals surface area (Å²) in [5, 5.41) is 0. The summed E-state index contributed by atoms with van der Waals surface area (Å²) in [5.74, 6) is -0.411. The number of carbonyl (C=O) groups is 1. The van der Waals surface area contributed by atoms with Crippen LogP contribution in [0.3, 0.4) is 0 Å². The van der Waals surface area contributed by atoms with Gasteiger partial charge in [0.2, 0.25) is 0 Å². The highest BCUT2D eigenvalue weighted by molar-refractivity contribution is 6.08. The summed E-state index contributed by atoms with van der Waals surface area (Å²) in [6.45, 7) is 5.42. The number of hydrogen-bond acceptors (Lipinski definition) is 1. The third kappa shape index (κ3) is 2.52. The molecule has 0 unspecified atom stereocenters. The van der Waals surface area contributed by atoms with Gasteiger partial charge in [0.15, 0.2) is 5.78 Å². The summed E-state index contributed by atoms with van der Waals surface area (Å²) in [6.07, 6.45) is 2.45. The fraction of sp³-hybridized carbons (Fsp3) is 0.308. The van der Waals surface area contributed by atoms with Crippen molar-refractivity contribution in [3.63, 3.8) is 0 Å². The Kier molecular flexibility index (Phi) is 3.78. The summed E-state index contributed by atoms with van der Waals surface area (Å²) >= 11 is 0. The van der Waals surface area contributed by atoms with Crippen LogP contribution < -0.4 is 0 Å². The number of carbonyl (C=O) groups excluding carboxylic acids is 1. The minimum Gasteiger partial charge on any atom is -0.289 e. The van der Waals surface area contributed by atoms with Gasteiger partial charge in [-0.25, -0.2) is 4.39 Å². The molecule has 1 nitrogen and oxygen atoms in total. The second kappa shape index (κ2) is 4.87. The predicted molar refractivity (Wildman–Crippen MR) is 59.5 cm³/mol. The van der Waals surface area contributed by atoms with Gasteiger partial charge in [-0.3, -0.25) is 4.79 Å². The van der Waals surface area contributed by atoms with Gasteiger partial charge < -0.3 is 0 Å². The van der Waals surface area contributed by atoms with E-state index in [9.17, 15) is 9.18 Å². The Bertz CT molecular complexity index is 405. The molecule has 0 radical (unpaired) electrons. The van der Waals surface area contributed by atoms with Crippen molar-refractivity contribution in [3.05, 3.63) is 46.8 Å². The van der Waals surface area contributed by atoms with E-state index in [0.717, 1.165) is 5.57 Å². The smallest absolute Gasteiger partial charge is 0.188 e. The molecule has 0 amide bonds. The first-order valence-electron chi connectivity index (χ1n) is 5.06. The molecule has 0 aliphatic heterocycles. The van der Waals surface area contributed by atoms with Crippen molar-refractivity contribution in [1.82, 2.24) is 0 Å². The second-order valence-electron chi connectivity index (χ2n) is 3.46. The largest absolute Gasteiger partial charge is 0.289 e. The van der Waals surface area contributed by atoms with Crippen molar-refractivity contribution in [2.24, 2.45) is 0 Å². The van der Waals surface area contributed by atoms with Gasteiger partial charge in [-0.2, -0.15) is 0 Å². The van der Waals surface area contributed by atoms with Gasteiger partial charge in [-0.05, 0) is 37.5 Å². The molecular formula is C13H15FO. The molecule has 2 heteroatoms. The molecule has 0 aliphatic carbocycles. The number of ketones is 1. The zero-order valence-electron chi connectivity index (χ0n) is 9.30. The van der Waals surface area contributed by atoms with E-state index in [1.165, 1.54) is 6.07 Å². The Hall–Kier alpha value is -1.44. The van der Waals surface area contributed by atoms with Crippen LogP contribution in [0, 0.1) is 12.7 Å². The van der Waals surface area contributed by atoms with Crippen LogP contribution in [0.4, 0.5) is 4.39 Å². The average Bonchev–Trinajstić information content (AvgIpc) is 2.23. The molecule has 0 bridgehead atoms. The lowest BCUT2D eigenvalue weighted by Gasteiger charge is -2.04. The molecule has 0 atom stereocenters. The van der Waals surface area contributed by atoms with Crippen molar-refractivity contribution in [2.75, 3.05) is 0 Å². The van der Waals surface area contributed by atoms with E-state index < -0.39 is 0 Å². The molecule has 0 aliphatic rings. The first kappa shape index (κ1) is 11.6. The van der Waals surface area contributed by atoms with E-state index in [0.29, 0.717) is 17.5 Å². The van der Waals surface area contributed by atoms with Gasteiger partial charge in [0.1, 0.15) is 5.82 Å². The number of Topliss-reactive ketones (excluding diaryl/α,β-unsaturated/α-hetero) is 1. The maximum atomic E-state index is 13.2. The molecule has 0 heterocycles. The van der Waals surface area contributed by atoms with Gasteiger partial charge in [-0.1, -0.05) is 25.1 Å². The van der Waals surface area contributed by atoms with Crippen LogP contribution in [0.25, 0.3) is 0 Å². The van der Waals surface area contributed by atoms with Crippen molar-refractivity contribution in [1.29, 1.82) is 0 Å². The molecule has 0 saturated heterocycles. The molecule has 15 heavy (non-hydrogen) atoms. The van der Waals surface area contributed by atoms with Crippen LogP contribution in [0.15, 0.2) is 29.8 Å². The number of hydrogen-bond donors (Lipinski definition) is 0. The topological polar surface area (TPSA) is 17.1 Å². The van der Waals surface area contributed by atoms with Gasteiger partial charge in [0, 0.05) is 5.56 Å². The summed E-state index contributed by atoms with van der Waals surface area (Å²) in [7, 11) is 0. The lowest BCUT2D eigenvalue weighted by molar-refractivity contribution is 0.103. The summed E-state index contributed by atoms with van der Waals surface area (Å²) < 4.78 is 13.2. The van der Waals surface area contributed by atoms with Gasteiger partial charge in [-0.15, -0.1) is 0 Å². The minimum absolute atomic E-state index is 0.0844. The lowest BCUT2D eigenvalue weighted by Crippen LogP contribution is -2.03. The van der Waals surface area contributed by atoms with Crippen molar-refractivity contribution >= 4 is 5.78 Å². The van der Waals surface area contributed by atoms with Crippen molar-refractivity contribution in [3.8, 4) is 0 Å². The average molecular weight is 206 g/mol. The Balaban J connectivity index is 3.07. The van der Waals surface area contributed by atoms with Crippen LogP contribution >= 0.6 is 0 Å². The fourth-order valence-electron chi connectivity index (χ4n) is 1.42. The highest BCUT2D eigenvalue weighted by Gasteiger charge is 2.11. The van der Waals surface area contributed by atoms with Gasteiger partial charge in [0.25, 0.3) is 0 Å². The van der Waals surface area contributed by atoms with E-state index >= 15 is 0 Å². The number of halogens is 1. The first-order valence-corrected chi connectivity index (χ1v) is 5.06. The number of rotatable bonds is 3. The van der Waals surface area contributed by atoms with Crippen LogP contribution in [0.2, 0.25) is 0 Å². The van der Waals surface area contributed by atoms with E-state index in [2.05, 4.69) is 0 Å². The Morgan fingerprint density at radius 1 is 1.47 bits per heavy atom. The van der Waals surface area contributed by atoms with E-state index in [-0.39, 0.29) is 11.6 Å². The predicted octanol–water partition coefficient (Wildman–Crippen LogP) is 3.67. The standard InChI is InChI=1S/C13H15FO/c1-4-10(5-2)13(15)11-7-6-9(3)12(14)8-11/h4,6-8H,5H2,1-3H3/b10-4-. The Morgan fingerprint density at radius 2 is 2.13 bits per heavy atom. The maximum absolute atomic E-state index is 13.2. The third-order valence-electron chi connectivity index (χ3n) is 2.46. The Morgan fingerprint density at radius 3 is 2.60 bits per heavy atom. The van der Waals surface area contributed by atoms with Crippen LogP contribution in [-0.2, 0) is 0 Å². The van der Waals surface area contributed by atoms with Crippen LogP contribution in [0.1, 0.15) is 36.2 Å². The molecule has 1 aromatic carbocycles. The minimum atomic E-state index is -0.326. The van der Waals surface area contributed by atoms with Gasteiger partial charge >= 0.3 is 0 Å². The van der Waals surface area contributed by atoms with Crippen molar-refractivity contribution in [2.45, 2.75) is 27.2 Å². The normalized spacial score (nSPS) is 11.6. The molecule has 0 spiro atoms. The van der Waals surface area contributed by atoms with E-state index in [1.54, 1.807) is 25.1 Å².